The largest absolute Gasteiger partial charge is 0.405 e. The normalized spacial score (nSPS) is 20.0. The van der Waals surface area contributed by atoms with Gasteiger partial charge < -0.3 is 14.4 Å². The van der Waals surface area contributed by atoms with E-state index in [1.165, 1.54) is 10.4 Å². The van der Waals surface area contributed by atoms with Crippen LogP contribution < -0.4 is 10.4 Å². The summed E-state index contributed by atoms with van der Waals surface area (Å²) in [6, 6.07) is 35.8. The summed E-state index contributed by atoms with van der Waals surface area (Å²) in [6.45, 7) is 9.17. The lowest BCUT2D eigenvalue weighted by atomic mass is 9.78. The van der Waals surface area contributed by atoms with E-state index in [0.717, 1.165) is 11.1 Å². The number of carbonyl (C=O) groups excluding carboxylic acids is 1. The molecule has 1 aliphatic rings. The Hall–Kier alpha value is -2.93. The van der Waals surface area contributed by atoms with Gasteiger partial charge in [-0.2, -0.15) is 0 Å². The number of rotatable bonds is 9. The van der Waals surface area contributed by atoms with Crippen molar-refractivity contribution in [2.75, 3.05) is 6.61 Å². The molecule has 1 N–H and O–H groups in total. The highest BCUT2D eigenvalue weighted by Gasteiger charge is 2.51. The predicted octanol–water partition coefficient (Wildman–Crippen LogP) is 7.77. The van der Waals surface area contributed by atoms with E-state index in [-0.39, 0.29) is 28.9 Å². The van der Waals surface area contributed by atoms with Crippen molar-refractivity contribution in [1.29, 1.82) is 0 Å². The minimum Gasteiger partial charge on any atom is -0.405 e. The number of hydrogen-bond acceptors (Lipinski definition) is 3. The van der Waals surface area contributed by atoms with Crippen LogP contribution in [0.2, 0.25) is 15.1 Å². The van der Waals surface area contributed by atoms with E-state index < -0.39 is 14.4 Å². The molecule has 0 radical (unpaired) electrons. The maximum absolute atomic E-state index is 14.1. The Morgan fingerprint density at radius 3 is 1.95 bits per heavy atom. The molecule has 4 aromatic rings. The zero-order valence-corrected chi connectivity index (χ0v) is 28.3. The van der Waals surface area contributed by atoms with Gasteiger partial charge in [0.1, 0.15) is 6.10 Å². The zero-order valence-electron chi connectivity index (χ0n) is 25.8. The summed E-state index contributed by atoms with van der Waals surface area (Å²) in [5.74, 6) is -0.453. The number of aliphatic hydroxyl groups excluding tert-OH is 1. The first-order chi connectivity index (χ1) is 21.1. The third-order valence-corrected chi connectivity index (χ3v) is 14.5. The van der Waals surface area contributed by atoms with Gasteiger partial charge >= 0.3 is 0 Å². The molecule has 1 unspecified atom stereocenters. The van der Waals surface area contributed by atoms with E-state index in [1.54, 1.807) is 0 Å². The van der Waals surface area contributed by atoms with Crippen LogP contribution in [0.25, 0.3) is 0 Å². The molecule has 1 saturated heterocycles. The van der Waals surface area contributed by atoms with Gasteiger partial charge in [0.15, 0.2) is 0 Å². The van der Waals surface area contributed by atoms with Gasteiger partial charge in [0.05, 0.1) is 18.7 Å². The standard InChI is InChI=1S/C37H41Cl2NO3Si/c1-5-30(25-43-44(37(2,3)4,31-15-8-6-9-16-31)32-17-10-7-11-18-32)40-35(26-19-21-28(38)22-20-26)33(24-34(41)36(40)42)27-13-12-14-29(39)23-27/h6-23,30,33-35,41H,5,24-25H2,1-4H3/t30-,33+,34?,35+/m0/s1. The van der Waals surface area contributed by atoms with Crippen molar-refractivity contribution < 1.29 is 14.3 Å². The van der Waals surface area contributed by atoms with Crippen LogP contribution >= 0.6 is 23.2 Å². The lowest BCUT2D eigenvalue weighted by molar-refractivity contribution is -0.154. The van der Waals surface area contributed by atoms with Crippen molar-refractivity contribution in [3.05, 3.63) is 130 Å². The number of benzene rings is 4. The molecule has 7 heteroatoms. The van der Waals surface area contributed by atoms with Gasteiger partial charge in [-0.1, -0.05) is 136 Å². The number of aliphatic hydroxyl groups is 1. The van der Waals surface area contributed by atoms with Crippen LogP contribution in [-0.2, 0) is 9.22 Å². The fraction of sp³-hybridized carbons (Fsp3) is 0.324. The van der Waals surface area contributed by atoms with Gasteiger partial charge in [0.2, 0.25) is 0 Å². The van der Waals surface area contributed by atoms with Gasteiger partial charge in [-0.3, -0.25) is 4.79 Å². The van der Waals surface area contributed by atoms with Crippen LogP contribution in [0.3, 0.4) is 0 Å². The summed E-state index contributed by atoms with van der Waals surface area (Å²) in [6.07, 6.45) is -0.178. The lowest BCUT2D eigenvalue weighted by Gasteiger charge is -2.49. The first kappa shape index (κ1) is 32.5. The van der Waals surface area contributed by atoms with E-state index in [1.807, 2.05) is 65.6 Å². The summed E-state index contributed by atoms with van der Waals surface area (Å²) >= 11 is 12.8. The summed E-state index contributed by atoms with van der Waals surface area (Å²) < 4.78 is 7.34. The fourth-order valence-electron chi connectivity index (χ4n) is 6.87. The third kappa shape index (κ3) is 6.40. The Bertz CT molecular complexity index is 1500. The molecule has 1 amide bonds. The summed E-state index contributed by atoms with van der Waals surface area (Å²) in [5, 5.41) is 14.6. The van der Waals surface area contributed by atoms with Crippen molar-refractivity contribution in [2.45, 2.75) is 69.7 Å². The smallest absolute Gasteiger partial charge is 0.261 e. The topological polar surface area (TPSA) is 49.8 Å². The molecule has 1 aliphatic heterocycles. The molecule has 1 fully saturated rings. The highest BCUT2D eigenvalue weighted by Crippen LogP contribution is 2.46. The van der Waals surface area contributed by atoms with E-state index in [9.17, 15) is 9.90 Å². The first-order valence-corrected chi connectivity index (χ1v) is 18.0. The molecule has 44 heavy (non-hydrogen) atoms. The van der Waals surface area contributed by atoms with Crippen molar-refractivity contribution in [1.82, 2.24) is 4.90 Å². The highest BCUT2D eigenvalue weighted by atomic mass is 35.5. The molecule has 0 saturated carbocycles. The van der Waals surface area contributed by atoms with Gasteiger partial charge in [-0.05, 0) is 63.6 Å². The van der Waals surface area contributed by atoms with Crippen LogP contribution in [0.5, 0.6) is 0 Å². The average molecular weight is 647 g/mol. The lowest BCUT2D eigenvalue weighted by Crippen LogP contribution is -2.67. The number of halogens is 2. The second kappa shape index (κ2) is 13.6. The maximum Gasteiger partial charge on any atom is 0.261 e. The van der Waals surface area contributed by atoms with Gasteiger partial charge in [0, 0.05) is 16.0 Å². The van der Waals surface area contributed by atoms with E-state index in [2.05, 4.69) is 76.2 Å². The Kier molecular flexibility index (Phi) is 10.0. The van der Waals surface area contributed by atoms with Crippen LogP contribution in [0.4, 0.5) is 0 Å². The number of carbonyl (C=O) groups is 1. The molecule has 1 heterocycles. The van der Waals surface area contributed by atoms with E-state index >= 15 is 0 Å². The summed E-state index contributed by atoms with van der Waals surface area (Å²) in [5.41, 5.74) is 1.94. The van der Waals surface area contributed by atoms with E-state index in [4.69, 9.17) is 27.6 Å². The van der Waals surface area contributed by atoms with E-state index in [0.29, 0.717) is 29.5 Å². The number of nitrogens with zero attached hydrogens (tertiary/aromatic N) is 1. The summed E-state index contributed by atoms with van der Waals surface area (Å²) in [7, 11) is -2.86. The minimum absolute atomic E-state index is 0.176. The first-order valence-electron chi connectivity index (χ1n) is 15.3. The molecule has 4 aromatic carbocycles. The van der Waals surface area contributed by atoms with Crippen LogP contribution in [-0.4, -0.2) is 43.0 Å². The van der Waals surface area contributed by atoms with Crippen molar-refractivity contribution in [3.63, 3.8) is 0 Å². The summed E-state index contributed by atoms with van der Waals surface area (Å²) in [4.78, 5) is 16.0. The minimum atomic E-state index is -2.86. The molecule has 4 nitrogen and oxygen atoms in total. The second-order valence-electron chi connectivity index (χ2n) is 12.7. The molecule has 4 atom stereocenters. The Morgan fingerprint density at radius 2 is 1.43 bits per heavy atom. The average Bonchev–Trinajstić information content (AvgIpc) is 3.02. The maximum atomic E-state index is 14.1. The number of amides is 1. The predicted molar refractivity (Wildman–Crippen MR) is 184 cm³/mol. The number of likely N-dealkylation sites (tertiary alicyclic amines) is 1. The molecule has 0 aromatic heterocycles. The fourth-order valence-corrected chi connectivity index (χ4v) is 11.8. The monoisotopic (exact) mass is 645 g/mol. The Labute approximate surface area is 272 Å². The molecule has 230 valence electrons. The quantitative estimate of drug-likeness (QED) is 0.189. The van der Waals surface area contributed by atoms with Crippen molar-refractivity contribution in [2.24, 2.45) is 0 Å². The van der Waals surface area contributed by atoms with Crippen LogP contribution in [0.15, 0.2) is 109 Å². The molecule has 5 rings (SSSR count). The second-order valence-corrected chi connectivity index (χ2v) is 17.9. The van der Waals surface area contributed by atoms with Gasteiger partial charge in [0.25, 0.3) is 14.2 Å². The van der Waals surface area contributed by atoms with Crippen LogP contribution in [0.1, 0.15) is 63.6 Å². The Balaban J connectivity index is 1.61. The number of hydrogen-bond donors (Lipinski definition) is 1. The SMILES string of the molecule is CC[C@@H](CO[Si](c1ccccc1)(c1ccccc1)C(C)(C)C)N1C(=O)C(O)C[C@H](c2cccc(Cl)c2)[C@H]1c1ccc(Cl)cc1. The Morgan fingerprint density at radius 1 is 0.841 bits per heavy atom. The van der Waals surface area contributed by atoms with Crippen molar-refractivity contribution >= 4 is 47.8 Å². The number of piperidine rings is 1. The van der Waals surface area contributed by atoms with Crippen molar-refractivity contribution in [3.8, 4) is 0 Å². The molecular weight excluding hydrogens is 605 g/mol. The van der Waals surface area contributed by atoms with Crippen LogP contribution in [0, 0.1) is 0 Å². The molecule has 0 spiro atoms. The third-order valence-electron chi connectivity index (χ3n) is 8.96. The van der Waals surface area contributed by atoms with Gasteiger partial charge in [-0.25, -0.2) is 0 Å². The molecular formula is C37H41Cl2NO3Si. The zero-order chi connectivity index (χ0) is 31.5. The molecule has 0 bridgehead atoms. The van der Waals surface area contributed by atoms with Gasteiger partial charge in [-0.15, -0.1) is 0 Å². The molecule has 0 aliphatic carbocycles. The highest BCUT2D eigenvalue weighted by molar-refractivity contribution is 6.99.